The Kier molecular flexibility index (Phi) is 8.19. The van der Waals surface area contributed by atoms with E-state index in [-0.39, 0.29) is 5.57 Å². The Morgan fingerprint density at radius 2 is 2.00 bits per heavy atom. The van der Waals surface area contributed by atoms with Gasteiger partial charge in [0.2, 0.25) is 0 Å². The van der Waals surface area contributed by atoms with Crippen molar-refractivity contribution >= 4 is 40.9 Å². The van der Waals surface area contributed by atoms with E-state index in [4.69, 9.17) is 32.7 Å². The van der Waals surface area contributed by atoms with E-state index in [1.807, 2.05) is 6.07 Å². The van der Waals surface area contributed by atoms with Gasteiger partial charge in [-0.2, -0.15) is 5.26 Å². The van der Waals surface area contributed by atoms with Gasteiger partial charge in [0, 0.05) is 5.02 Å². The summed E-state index contributed by atoms with van der Waals surface area (Å²) in [6.45, 7) is 2.67. The van der Waals surface area contributed by atoms with Crippen molar-refractivity contribution in [3.63, 3.8) is 0 Å². The van der Waals surface area contributed by atoms with Gasteiger partial charge in [-0.05, 0) is 48.4 Å². The molecule has 1 N–H and O–H groups in total. The number of nitrogens with one attached hydrogen (secondary N) is 1. The van der Waals surface area contributed by atoms with Crippen LogP contribution in [0.1, 0.15) is 25.3 Å². The maximum Gasteiger partial charge on any atom is 0.266 e. The number of halogens is 2. The van der Waals surface area contributed by atoms with E-state index >= 15 is 0 Å². The smallest absolute Gasteiger partial charge is 0.266 e. The van der Waals surface area contributed by atoms with E-state index < -0.39 is 5.91 Å². The lowest BCUT2D eigenvalue weighted by Crippen LogP contribution is -2.13. The van der Waals surface area contributed by atoms with Crippen molar-refractivity contribution < 1.29 is 14.3 Å². The molecule has 0 unspecified atom stereocenters. The Morgan fingerprint density at radius 1 is 1.21 bits per heavy atom. The van der Waals surface area contributed by atoms with Crippen LogP contribution in [0.4, 0.5) is 5.69 Å². The van der Waals surface area contributed by atoms with Gasteiger partial charge in [-0.15, -0.1) is 0 Å². The highest BCUT2D eigenvalue weighted by atomic mass is 35.5. The van der Waals surface area contributed by atoms with E-state index in [1.54, 1.807) is 30.3 Å². The molecule has 0 aromatic heterocycles. The summed E-state index contributed by atoms with van der Waals surface area (Å²) in [6, 6.07) is 11.8. The van der Waals surface area contributed by atoms with Gasteiger partial charge in [0.1, 0.15) is 11.6 Å². The summed E-state index contributed by atoms with van der Waals surface area (Å²) < 4.78 is 11.0. The van der Waals surface area contributed by atoms with Crippen LogP contribution in [-0.4, -0.2) is 19.6 Å². The molecule has 146 valence electrons. The zero-order valence-electron chi connectivity index (χ0n) is 15.6. The summed E-state index contributed by atoms with van der Waals surface area (Å²) >= 11 is 12.0. The van der Waals surface area contributed by atoms with Crippen LogP contribution in [0.15, 0.2) is 42.0 Å². The van der Waals surface area contributed by atoms with E-state index in [9.17, 15) is 10.1 Å². The molecule has 0 spiro atoms. The standard InChI is InChI=1S/C21H20Cl2N2O3/c1-3-4-9-28-19-8-5-14(11-20(19)27-2)10-15(13-24)21(26)25-18-12-16(22)6-7-17(18)23/h5-8,10-12H,3-4,9H2,1-2H3,(H,25,26)/b15-10+. The highest BCUT2D eigenvalue weighted by molar-refractivity contribution is 6.36. The van der Waals surface area contributed by atoms with Gasteiger partial charge in [-0.1, -0.05) is 42.6 Å². The Morgan fingerprint density at radius 3 is 2.68 bits per heavy atom. The van der Waals surface area contributed by atoms with Crippen molar-refractivity contribution in [3.05, 3.63) is 57.6 Å². The number of rotatable bonds is 8. The summed E-state index contributed by atoms with van der Waals surface area (Å²) in [4.78, 5) is 12.4. The number of carbonyl (C=O) groups is 1. The number of carbonyl (C=O) groups excluding carboxylic acids is 1. The van der Waals surface area contributed by atoms with Crippen LogP contribution in [0.5, 0.6) is 11.5 Å². The van der Waals surface area contributed by atoms with Gasteiger partial charge in [0.05, 0.1) is 24.4 Å². The Balaban J connectivity index is 2.22. The number of ether oxygens (including phenoxy) is 2. The van der Waals surface area contributed by atoms with Crippen LogP contribution in [0.3, 0.4) is 0 Å². The van der Waals surface area contributed by atoms with Crippen LogP contribution < -0.4 is 14.8 Å². The summed E-state index contributed by atoms with van der Waals surface area (Å²) in [5.74, 6) is 0.552. The molecule has 0 bridgehead atoms. The monoisotopic (exact) mass is 418 g/mol. The molecule has 7 heteroatoms. The predicted octanol–water partition coefficient (Wildman–Crippen LogP) is 5.73. The minimum atomic E-state index is -0.589. The molecule has 2 aromatic rings. The number of unbranched alkanes of at least 4 members (excludes halogenated alkanes) is 1. The average Bonchev–Trinajstić information content (AvgIpc) is 2.69. The van der Waals surface area contributed by atoms with Gasteiger partial charge in [-0.3, -0.25) is 4.79 Å². The molecule has 0 saturated carbocycles. The average molecular weight is 419 g/mol. The van der Waals surface area contributed by atoms with Gasteiger partial charge in [0.25, 0.3) is 5.91 Å². The largest absolute Gasteiger partial charge is 0.493 e. The van der Waals surface area contributed by atoms with E-state index in [0.29, 0.717) is 39.4 Å². The summed E-state index contributed by atoms with van der Waals surface area (Å²) in [5.41, 5.74) is 0.874. The Hall–Kier alpha value is -2.68. The van der Waals surface area contributed by atoms with E-state index in [0.717, 1.165) is 12.8 Å². The van der Waals surface area contributed by atoms with E-state index in [2.05, 4.69) is 12.2 Å². The molecular formula is C21H20Cl2N2O3. The van der Waals surface area contributed by atoms with Crippen LogP contribution in [0.25, 0.3) is 6.08 Å². The molecular weight excluding hydrogens is 399 g/mol. The van der Waals surface area contributed by atoms with Crippen LogP contribution >= 0.6 is 23.2 Å². The number of methoxy groups -OCH3 is 1. The molecule has 1 amide bonds. The molecule has 0 fully saturated rings. The third kappa shape index (κ3) is 5.91. The van der Waals surface area contributed by atoms with Gasteiger partial charge < -0.3 is 14.8 Å². The number of amides is 1. The topological polar surface area (TPSA) is 71.3 Å². The summed E-state index contributed by atoms with van der Waals surface area (Å²) in [5, 5.41) is 12.7. The third-order valence-corrected chi connectivity index (χ3v) is 4.36. The highest BCUT2D eigenvalue weighted by Crippen LogP contribution is 2.30. The maximum atomic E-state index is 12.4. The maximum absolute atomic E-state index is 12.4. The van der Waals surface area contributed by atoms with Gasteiger partial charge >= 0.3 is 0 Å². The Bertz CT molecular complexity index is 920. The second-order valence-corrected chi connectivity index (χ2v) is 6.70. The van der Waals surface area contributed by atoms with Crippen LogP contribution in [0, 0.1) is 11.3 Å². The third-order valence-electron chi connectivity index (χ3n) is 3.80. The van der Waals surface area contributed by atoms with Crippen molar-refractivity contribution in [2.45, 2.75) is 19.8 Å². The lowest BCUT2D eigenvalue weighted by Gasteiger charge is -2.11. The molecule has 2 rings (SSSR count). The number of anilines is 1. The van der Waals surface area contributed by atoms with Crippen molar-refractivity contribution in [1.29, 1.82) is 5.26 Å². The van der Waals surface area contributed by atoms with Crippen LogP contribution in [-0.2, 0) is 4.79 Å². The van der Waals surface area contributed by atoms with Crippen molar-refractivity contribution in [1.82, 2.24) is 0 Å². The first-order valence-electron chi connectivity index (χ1n) is 8.67. The number of nitrogens with zero attached hydrogens (tertiary/aromatic N) is 1. The molecule has 28 heavy (non-hydrogen) atoms. The second kappa shape index (κ2) is 10.6. The lowest BCUT2D eigenvalue weighted by molar-refractivity contribution is -0.112. The molecule has 0 aliphatic rings. The van der Waals surface area contributed by atoms with Gasteiger partial charge in [0.15, 0.2) is 11.5 Å². The minimum absolute atomic E-state index is 0.0854. The molecule has 5 nitrogen and oxygen atoms in total. The molecule has 0 atom stereocenters. The summed E-state index contributed by atoms with van der Waals surface area (Å²) in [7, 11) is 1.54. The molecule has 0 aliphatic heterocycles. The first kappa shape index (κ1) is 21.6. The summed E-state index contributed by atoms with van der Waals surface area (Å²) in [6.07, 6.45) is 3.43. The molecule has 2 aromatic carbocycles. The molecule has 0 radical (unpaired) electrons. The SMILES string of the molecule is CCCCOc1ccc(/C=C(\C#N)C(=O)Nc2cc(Cl)ccc2Cl)cc1OC. The molecule has 0 aliphatic carbocycles. The fourth-order valence-electron chi connectivity index (χ4n) is 2.32. The molecule has 0 saturated heterocycles. The van der Waals surface area contributed by atoms with Crippen molar-refractivity contribution in [2.75, 3.05) is 19.0 Å². The number of hydrogen-bond acceptors (Lipinski definition) is 4. The van der Waals surface area contributed by atoms with Crippen LogP contribution in [0.2, 0.25) is 10.0 Å². The fourth-order valence-corrected chi connectivity index (χ4v) is 2.65. The van der Waals surface area contributed by atoms with E-state index in [1.165, 1.54) is 19.3 Å². The zero-order valence-corrected chi connectivity index (χ0v) is 17.1. The fraction of sp³-hybridized carbons (Fsp3) is 0.238. The first-order valence-corrected chi connectivity index (χ1v) is 9.43. The number of hydrogen-bond donors (Lipinski definition) is 1. The number of benzene rings is 2. The molecule has 0 heterocycles. The Labute approximate surface area is 174 Å². The number of nitriles is 1. The first-order chi connectivity index (χ1) is 13.5. The van der Waals surface area contributed by atoms with Crippen molar-refractivity contribution in [2.24, 2.45) is 0 Å². The normalized spacial score (nSPS) is 10.9. The zero-order chi connectivity index (χ0) is 20.5. The predicted molar refractivity (Wildman–Crippen MR) is 112 cm³/mol. The highest BCUT2D eigenvalue weighted by Gasteiger charge is 2.13. The second-order valence-electron chi connectivity index (χ2n) is 5.86. The van der Waals surface area contributed by atoms with Crippen molar-refractivity contribution in [3.8, 4) is 17.6 Å². The van der Waals surface area contributed by atoms with Gasteiger partial charge in [-0.25, -0.2) is 0 Å². The lowest BCUT2D eigenvalue weighted by atomic mass is 10.1. The quantitative estimate of drug-likeness (QED) is 0.337. The minimum Gasteiger partial charge on any atom is -0.493 e.